The molecule has 10 heavy (non-hydrogen) atoms. The van der Waals surface area contributed by atoms with Gasteiger partial charge in [-0.25, -0.2) is 0 Å². The van der Waals surface area contributed by atoms with Gasteiger partial charge < -0.3 is 4.74 Å². The van der Waals surface area contributed by atoms with E-state index in [4.69, 9.17) is 16.3 Å². The molecule has 4 heteroatoms. The van der Waals surface area contributed by atoms with Crippen molar-refractivity contribution >= 4 is 33.5 Å². The molecular formula is C6H10BrClO2. The van der Waals surface area contributed by atoms with E-state index in [0.717, 1.165) is 0 Å². The monoisotopic (exact) mass is 228 g/mol. The summed E-state index contributed by atoms with van der Waals surface area (Å²) in [5.74, 6) is 0.000255. The highest BCUT2D eigenvalue weighted by Crippen LogP contribution is 2.15. The Labute approximate surface area is 74.0 Å². The van der Waals surface area contributed by atoms with E-state index < -0.39 is 5.60 Å². The molecule has 60 valence electrons. The van der Waals surface area contributed by atoms with Gasteiger partial charge in [-0.15, -0.1) is 11.6 Å². The molecule has 0 bridgehead atoms. The minimum absolute atomic E-state index is 0.303. The Balaban J connectivity index is 3.92. The molecule has 0 N–H and O–H groups in total. The lowest BCUT2D eigenvalue weighted by Gasteiger charge is -2.23. The molecule has 0 aromatic heterocycles. The van der Waals surface area contributed by atoms with Crippen LogP contribution in [0, 0.1) is 0 Å². The Kier molecular flexibility index (Phi) is 4.29. The predicted molar refractivity (Wildman–Crippen MR) is 44.7 cm³/mol. The second kappa shape index (κ2) is 4.19. The zero-order valence-electron chi connectivity index (χ0n) is 5.99. The van der Waals surface area contributed by atoms with Crippen LogP contribution in [0.1, 0.15) is 13.8 Å². The maximum Gasteiger partial charge on any atom is 0.303 e. The number of esters is 1. The van der Waals surface area contributed by atoms with Gasteiger partial charge >= 0.3 is 5.97 Å². The van der Waals surface area contributed by atoms with Gasteiger partial charge in [0, 0.05) is 12.3 Å². The second-order valence-corrected chi connectivity index (χ2v) is 3.14. The zero-order valence-corrected chi connectivity index (χ0v) is 8.33. The van der Waals surface area contributed by atoms with Crippen molar-refractivity contribution in [3.8, 4) is 0 Å². The summed E-state index contributed by atoms with van der Waals surface area (Å²) in [5.41, 5.74) is -0.562. The van der Waals surface area contributed by atoms with Crippen LogP contribution in [0.4, 0.5) is 0 Å². The number of hydrogen-bond donors (Lipinski definition) is 0. The Morgan fingerprint density at radius 2 is 2.30 bits per heavy atom. The molecule has 0 aliphatic heterocycles. The summed E-state index contributed by atoms with van der Waals surface area (Å²) in [7, 11) is 0. The summed E-state index contributed by atoms with van der Waals surface area (Å²) in [6.45, 7) is 3.14. The molecule has 0 amide bonds. The van der Waals surface area contributed by atoms with E-state index in [-0.39, 0.29) is 5.97 Å². The fraction of sp³-hybridized carbons (Fsp3) is 0.833. The standard InChI is InChI=1S/C6H10BrClO2/c1-5(9)10-6(2,3-7)4-8/h3-4H2,1-2H3. The van der Waals surface area contributed by atoms with E-state index in [1.54, 1.807) is 6.92 Å². The Bertz CT molecular complexity index is 123. The first-order chi connectivity index (χ1) is 4.54. The van der Waals surface area contributed by atoms with Crippen LogP contribution in [-0.2, 0) is 9.53 Å². The van der Waals surface area contributed by atoms with E-state index in [1.165, 1.54) is 6.92 Å². The summed E-state index contributed by atoms with van der Waals surface area (Å²) in [4.78, 5) is 10.5. The van der Waals surface area contributed by atoms with Crippen LogP contribution in [-0.4, -0.2) is 22.8 Å². The second-order valence-electron chi connectivity index (χ2n) is 2.31. The third-order valence-electron chi connectivity index (χ3n) is 0.955. The number of alkyl halides is 2. The summed E-state index contributed by atoms with van der Waals surface area (Å²) >= 11 is 8.74. The minimum atomic E-state index is -0.562. The predicted octanol–water partition coefficient (Wildman–Crippen LogP) is 1.94. The lowest BCUT2D eigenvalue weighted by molar-refractivity contribution is -0.151. The Morgan fingerprint density at radius 1 is 1.80 bits per heavy atom. The van der Waals surface area contributed by atoms with Gasteiger partial charge in [0.25, 0.3) is 0 Å². The van der Waals surface area contributed by atoms with Gasteiger partial charge in [-0.3, -0.25) is 4.79 Å². The molecule has 1 unspecified atom stereocenters. The highest BCUT2D eigenvalue weighted by atomic mass is 79.9. The van der Waals surface area contributed by atoms with Gasteiger partial charge in [0.05, 0.1) is 5.88 Å². The van der Waals surface area contributed by atoms with E-state index in [9.17, 15) is 4.79 Å². The lowest BCUT2D eigenvalue weighted by atomic mass is 10.2. The van der Waals surface area contributed by atoms with Crippen molar-refractivity contribution in [3.63, 3.8) is 0 Å². The summed E-state index contributed by atoms with van der Waals surface area (Å²) in [6.07, 6.45) is 0. The SMILES string of the molecule is CC(=O)OC(C)(CCl)CBr. The van der Waals surface area contributed by atoms with E-state index in [1.807, 2.05) is 0 Å². The first-order valence-corrected chi connectivity index (χ1v) is 4.51. The normalized spacial score (nSPS) is 16.0. The van der Waals surface area contributed by atoms with Crippen LogP contribution >= 0.6 is 27.5 Å². The number of rotatable bonds is 3. The summed E-state index contributed by atoms with van der Waals surface area (Å²) in [5, 5.41) is 0.559. The Morgan fingerprint density at radius 3 is 2.40 bits per heavy atom. The quantitative estimate of drug-likeness (QED) is 0.546. The van der Waals surface area contributed by atoms with E-state index in [2.05, 4.69) is 15.9 Å². The largest absolute Gasteiger partial charge is 0.457 e. The van der Waals surface area contributed by atoms with Crippen molar-refractivity contribution in [3.05, 3.63) is 0 Å². The number of halogens is 2. The molecule has 0 rings (SSSR count). The molecule has 0 aromatic rings. The zero-order chi connectivity index (χ0) is 8.20. The number of hydrogen-bond acceptors (Lipinski definition) is 2. The van der Waals surface area contributed by atoms with Gasteiger partial charge in [0.15, 0.2) is 0 Å². The van der Waals surface area contributed by atoms with Crippen molar-refractivity contribution in [2.75, 3.05) is 11.2 Å². The summed E-state index contributed by atoms with van der Waals surface area (Å²) in [6, 6.07) is 0. The number of carbonyl (C=O) groups excluding carboxylic acids is 1. The van der Waals surface area contributed by atoms with Crippen molar-refractivity contribution in [2.24, 2.45) is 0 Å². The highest BCUT2D eigenvalue weighted by Gasteiger charge is 2.24. The third-order valence-corrected chi connectivity index (χ3v) is 2.71. The van der Waals surface area contributed by atoms with Crippen LogP contribution in [0.15, 0.2) is 0 Å². The number of carbonyl (C=O) groups is 1. The molecule has 0 radical (unpaired) electrons. The smallest absolute Gasteiger partial charge is 0.303 e. The molecule has 0 fully saturated rings. The average molecular weight is 230 g/mol. The maximum absolute atomic E-state index is 10.5. The molecular weight excluding hydrogens is 219 g/mol. The van der Waals surface area contributed by atoms with Gasteiger partial charge in [0.1, 0.15) is 5.60 Å². The van der Waals surface area contributed by atoms with E-state index >= 15 is 0 Å². The van der Waals surface area contributed by atoms with Gasteiger partial charge in [-0.05, 0) is 6.92 Å². The van der Waals surface area contributed by atoms with Crippen molar-refractivity contribution in [2.45, 2.75) is 19.4 Å². The maximum atomic E-state index is 10.5. The average Bonchev–Trinajstić information content (AvgIpc) is 1.87. The molecule has 1 atom stereocenters. The molecule has 0 aromatic carbocycles. The van der Waals surface area contributed by atoms with Crippen LogP contribution in [0.5, 0.6) is 0 Å². The molecule has 0 aliphatic carbocycles. The highest BCUT2D eigenvalue weighted by molar-refractivity contribution is 9.09. The topological polar surface area (TPSA) is 26.3 Å². The number of ether oxygens (including phenoxy) is 1. The fourth-order valence-electron chi connectivity index (χ4n) is 0.437. The van der Waals surface area contributed by atoms with Crippen LogP contribution in [0.3, 0.4) is 0 Å². The minimum Gasteiger partial charge on any atom is -0.457 e. The van der Waals surface area contributed by atoms with Crippen molar-refractivity contribution in [1.29, 1.82) is 0 Å². The van der Waals surface area contributed by atoms with Gasteiger partial charge in [0.2, 0.25) is 0 Å². The van der Waals surface area contributed by atoms with E-state index in [0.29, 0.717) is 11.2 Å². The fourth-order valence-corrected chi connectivity index (χ4v) is 1.13. The lowest BCUT2D eigenvalue weighted by Crippen LogP contribution is -2.34. The molecule has 2 nitrogen and oxygen atoms in total. The summed E-state index contributed by atoms with van der Waals surface area (Å²) < 4.78 is 4.92. The van der Waals surface area contributed by atoms with Crippen LogP contribution in [0.25, 0.3) is 0 Å². The van der Waals surface area contributed by atoms with Crippen LogP contribution in [0.2, 0.25) is 0 Å². The molecule has 0 heterocycles. The van der Waals surface area contributed by atoms with Crippen molar-refractivity contribution < 1.29 is 9.53 Å². The third kappa shape index (κ3) is 3.42. The molecule has 0 saturated carbocycles. The molecule has 0 aliphatic rings. The first-order valence-electron chi connectivity index (χ1n) is 2.85. The Hall–Kier alpha value is 0.240. The van der Waals surface area contributed by atoms with Crippen LogP contribution < -0.4 is 0 Å². The van der Waals surface area contributed by atoms with Gasteiger partial charge in [-0.2, -0.15) is 0 Å². The first kappa shape index (κ1) is 10.2. The molecule has 0 saturated heterocycles. The molecule has 0 spiro atoms. The van der Waals surface area contributed by atoms with Crippen molar-refractivity contribution in [1.82, 2.24) is 0 Å². The van der Waals surface area contributed by atoms with Gasteiger partial charge in [-0.1, -0.05) is 15.9 Å².